The molecule has 4 rings (SSSR count). The van der Waals surface area contributed by atoms with E-state index in [1.807, 2.05) is 30.3 Å². The molecule has 1 aliphatic carbocycles. The molecular formula is C23H23NO4. The summed E-state index contributed by atoms with van der Waals surface area (Å²) in [5.41, 5.74) is 2.30. The molecule has 1 aliphatic heterocycles. The van der Waals surface area contributed by atoms with E-state index in [9.17, 15) is 14.4 Å². The van der Waals surface area contributed by atoms with Crippen molar-refractivity contribution in [2.24, 2.45) is 0 Å². The van der Waals surface area contributed by atoms with Gasteiger partial charge in [0.2, 0.25) is 5.91 Å². The van der Waals surface area contributed by atoms with Crippen LogP contribution in [0.2, 0.25) is 0 Å². The van der Waals surface area contributed by atoms with Crippen LogP contribution in [0, 0.1) is 0 Å². The van der Waals surface area contributed by atoms with Crippen molar-refractivity contribution >= 4 is 23.3 Å². The lowest BCUT2D eigenvalue weighted by atomic mass is 9.79. The second kappa shape index (κ2) is 7.23. The number of carbonyl (C=O) groups is 3. The molecule has 2 aliphatic rings. The Bertz CT molecular complexity index is 929. The first-order valence-electron chi connectivity index (χ1n) is 9.72. The van der Waals surface area contributed by atoms with Crippen molar-refractivity contribution in [1.82, 2.24) is 0 Å². The normalized spacial score (nSPS) is 19.8. The molecule has 1 amide bonds. The SMILES string of the molecule is C[C@@H]1C(=O)Nc2ccc(C(=O)COC(=O)C3(c4ccccc4)CCCC3)cc21. The number of carbonyl (C=O) groups excluding carboxylic acids is 3. The van der Waals surface area contributed by atoms with E-state index >= 15 is 0 Å². The van der Waals surface area contributed by atoms with Crippen LogP contribution in [0.1, 0.15) is 60.0 Å². The van der Waals surface area contributed by atoms with Gasteiger partial charge in [-0.3, -0.25) is 14.4 Å². The van der Waals surface area contributed by atoms with E-state index in [-0.39, 0.29) is 30.2 Å². The second-order valence-corrected chi connectivity index (χ2v) is 7.67. The maximum Gasteiger partial charge on any atom is 0.317 e. The molecular weight excluding hydrogens is 354 g/mol. The Hall–Kier alpha value is -2.95. The molecule has 2 aromatic carbocycles. The third-order valence-electron chi connectivity index (χ3n) is 6.00. The maximum atomic E-state index is 13.0. The van der Waals surface area contributed by atoms with Crippen LogP contribution in [0.15, 0.2) is 48.5 Å². The van der Waals surface area contributed by atoms with Crippen molar-refractivity contribution in [3.8, 4) is 0 Å². The predicted octanol–water partition coefficient (Wildman–Crippen LogP) is 3.98. The third-order valence-corrected chi connectivity index (χ3v) is 6.00. The van der Waals surface area contributed by atoms with Gasteiger partial charge in [0.1, 0.15) is 0 Å². The lowest BCUT2D eigenvalue weighted by Gasteiger charge is -2.27. The molecule has 0 spiro atoms. The molecule has 144 valence electrons. The highest BCUT2D eigenvalue weighted by atomic mass is 16.5. The highest BCUT2D eigenvalue weighted by molar-refractivity contribution is 6.05. The molecule has 1 heterocycles. The Balaban J connectivity index is 1.48. The molecule has 2 aromatic rings. The van der Waals surface area contributed by atoms with Crippen LogP contribution >= 0.6 is 0 Å². The van der Waals surface area contributed by atoms with Gasteiger partial charge in [0, 0.05) is 11.3 Å². The number of Topliss-reactive ketones (excluding diaryl/α,β-unsaturated/α-hetero) is 1. The third kappa shape index (κ3) is 3.11. The Morgan fingerprint density at radius 1 is 1.11 bits per heavy atom. The molecule has 5 heteroatoms. The minimum atomic E-state index is -0.648. The summed E-state index contributed by atoms with van der Waals surface area (Å²) < 4.78 is 5.50. The zero-order valence-electron chi connectivity index (χ0n) is 15.9. The van der Waals surface area contributed by atoms with Crippen molar-refractivity contribution in [3.05, 3.63) is 65.2 Å². The number of esters is 1. The number of hydrogen-bond acceptors (Lipinski definition) is 4. The summed E-state index contributed by atoms with van der Waals surface area (Å²) in [7, 11) is 0. The van der Waals surface area contributed by atoms with Crippen LogP contribution in [0.25, 0.3) is 0 Å². The number of fused-ring (bicyclic) bond motifs is 1. The number of nitrogens with one attached hydrogen (secondary N) is 1. The van der Waals surface area contributed by atoms with Gasteiger partial charge in [-0.1, -0.05) is 43.2 Å². The molecule has 0 unspecified atom stereocenters. The Morgan fingerprint density at radius 2 is 1.82 bits per heavy atom. The molecule has 0 aromatic heterocycles. The van der Waals surface area contributed by atoms with Gasteiger partial charge in [-0.05, 0) is 49.1 Å². The van der Waals surface area contributed by atoms with Gasteiger partial charge in [-0.2, -0.15) is 0 Å². The molecule has 1 N–H and O–H groups in total. The van der Waals surface area contributed by atoms with E-state index in [4.69, 9.17) is 4.74 Å². The molecule has 0 bridgehead atoms. The monoisotopic (exact) mass is 377 g/mol. The summed E-state index contributed by atoms with van der Waals surface area (Å²) in [6, 6.07) is 14.8. The summed E-state index contributed by atoms with van der Waals surface area (Å²) in [6.45, 7) is 1.51. The standard InChI is InChI=1S/C23H23NO4/c1-15-18-13-16(9-10-19(18)24-21(15)26)20(25)14-28-22(27)23(11-5-6-12-23)17-7-3-2-4-8-17/h2-4,7-10,13,15H,5-6,11-12,14H2,1H3,(H,24,26)/t15-/m0/s1. The first-order valence-corrected chi connectivity index (χ1v) is 9.72. The number of ketones is 1. The van der Waals surface area contributed by atoms with E-state index < -0.39 is 5.41 Å². The van der Waals surface area contributed by atoms with E-state index in [2.05, 4.69) is 5.32 Å². The Kier molecular flexibility index (Phi) is 4.75. The zero-order chi connectivity index (χ0) is 19.7. The van der Waals surface area contributed by atoms with E-state index in [1.165, 1.54) is 0 Å². The van der Waals surface area contributed by atoms with Crippen molar-refractivity contribution in [2.45, 2.75) is 43.9 Å². The van der Waals surface area contributed by atoms with Crippen LogP contribution in [0.5, 0.6) is 0 Å². The van der Waals surface area contributed by atoms with E-state index in [0.717, 1.165) is 42.5 Å². The predicted molar refractivity (Wildman–Crippen MR) is 105 cm³/mol. The Labute approximate surface area is 164 Å². The maximum absolute atomic E-state index is 13.0. The van der Waals surface area contributed by atoms with Crippen molar-refractivity contribution < 1.29 is 19.1 Å². The first kappa shape index (κ1) is 18.4. The summed E-state index contributed by atoms with van der Waals surface area (Å²) in [4.78, 5) is 37.3. The van der Waals surface area contributed by atoms with Crippen molar-refractivity contribution in [1.29, 1.82) is 0 Å². The number of ether oxygens (including phenoxy) is 1. The van der Waals surface area contributed by atoms with Gasteiger partial charge in [0.25, 0.3) is 0 Å². The molecule has 1 fully saturated rings. The minimum Gasteiger partial charge on any atom is -0.457 e. The Morgan fingerprint density at radius 3 is 2.54 bits per heavy atom. The van der Waals surface area contributed by atoms with Crippen LogP contribution in [-0.2, 0) is 19.7 Å². The van der Waals surface area contributed by atoms with Crippen LogP contribution in [0.4, 0.5) is 5.69 Å². The molecule has 0 saturated heterocycles. The summed E-state index contributed by atoms with van der Waals surface area (Å²) in [5, 5.41) is 2.79. The average Bonchev–Trinajstić information content (AvgIpc) is 3.33. The fourth-order valence-electron chi connectivity index (χ4n) is 4.29. The number of anilines is 1. The number of amides is 1. The van der Waals surface area contributed by atoms with Crippen LogP contribution < -0.4 is 5.32 Å². The molecule has 1 saturated carbocycles. The zero-order valence-corrected chi connectivity index (χ0v) is 15.9. The number of benzene rings is 2. The molecule has 1 atom stereocenters. The van der Waals surface area contributed by atoms with Gasteiger partial charge in [-0.25, -0.2) is 0 Å². The lowest BCUT2D eigenvalue weighted by molar-refractivity contribution is -0.149. The minimum absolute atomic E-state index is 0.0722. The van der Waals surface area contributed by atoms with Crippen molar-refractivity contribution in [2.75, 3.05) is 11.9 Å². The second-order valence-electron chi connectivity index (χ2n) is 7.67. The quantitative estimate of drug-likeness (QED) is 0.632. The molecule has 28 heavy (non-hydrogen) atoms. The van der Waals surface area contributed by atoms with Gasteiger partial charge in [0.15, 0.2) is 12.4 Å². The average molecular weight is 377 g/mol. The van der Waals surface area contributed by atoms with Gasteiger partial charge in [0.05, 0.1) is 11.3 Å². The highest BCUT2D eigenvalue weighted by Gasteiger charge is 2.44. The van der Waals surface area contributed by atoms with E-state index in [1.54, 1.807) is 25.1 Å². The van der Waals surface area contributed by atoms with Crippen LogP contribution in [-0.4, -0.2) is 24.3 Å². The van der Waals surface area contributed by atoms with Crippen molar-refractivity contribution in [3.63, 3.8) is 0 Å². The van der Waals surface area contributed by atoms with Crippen LogP contribution in [0.3, 0.4) is 0 Å². The summed E-state index contributed by atoms with van der Waals surface area (Å²) in [6.07, 6.45) is 3.44. The summed E-state index contributed by atoms with van der Waals surface area (Å²) >= 11 is 0. The van der Waals surface area contributed by atoms with Gasteiger partial charge in [-0.15, -0.1) is 0 Å². The number of hydrogen-bond donors (Lipinski definition) is 1. The van der Waals surface area contributed by atoms with Gasteiger partial charge >= 0.3 is 5.97 Å². The highest BCUT2D eigenvalue weighted by Crippen LogP contribution is 2.42. The fraction of sp³-hybridized carbons (Fsp3) is 0.348. The lowest BCUT2D eigenvalue weighted by Crippen LogP contribution is -2.35. The summed E-state index contributed by atoms with van der Waals surface area (Å²) in [5.74, 6) is -0.943. The molecule has 5 nitrogen and oxygen atoms in total. The smallest absolute Gasteiger partial charge is 0.317 e. The first-order chi connectivity index (χ1) is 13.5. The van der Waals surface area contributed by atoms with Gasteiger partial charge < -0.3 is 10.1 Å². The molecule has 0 radical (unpaired) electrons. The topological polar surface area (TPSA) is 72.5 Å². The fourth-order valence-corrected chi connectivity index (χ4v) is 4.29. The largest absolute Gasteiger partial charge is 0.457 e. The van der Waals surface area contributed by atoms with E-state index in [0.29, 0.717) is 5.56 Å². The number of rotatable bonds is 5.